The van der Waals surface area contributed by atoms with Crippen LogP contribution in [0, 0.1) is 28.4 Å². The molecule has 6 rings (SSSR count). The predicted molar refractivity (Wildman–Crippen MR) is 157 cm³/mol. The van der Waals surface area contributed by atoms with Crippen LogP contribution in [-0.4, -0.2) is 49.7 Å². The number of benzene rings is 2. The number of pyridine rings is 1. The van der Waals surface area contributed by atoms with Gasteiger partial charge >= 0.3 is 5.97 Å². The average Bonchev–Trinajstić information content (AvgIpc) is 3.67. The Morgan fingerprint density at radius 3 is 2.57 bits per heavy atom. The summed E-state index contributed by atoms with van der Waals surface area (Å²) in [4.78, 5) is 22.9. The standard InChI is InChI=1S/C32H30ClF2N5O4/c33-22-5-4-20(24(34)16-22)18-43-28-2-1-3-29(38-28)44-23-6-12-39(13-7-23)17-27-37-30-25(35)14-21(31(41)42)15-26(30)40(27)19-32(8-9-32)10-11-36/h1-5,14-16,23H,6-10,12-13,17-19H2,(H,41,42). The van der Waals surface area contributed by atoms with Gasteiger partial charge in [0.1, 0.15) is 29.9 Å². The molecule has 2 aromatic carbocycles. The van der Waals surface area contributed by atoms with E-state index in [1.54, 1.807) is 30.3 Å². The molecule has 0 spiro atoms. The van der Waals surface area contributed by atoms with Crippen LogP contribution in [0.15, 0.2) is 48.5 Å². The number of likely N-dealkylation sites (tertiary alicyclic amines) is 1. The fourth-order valence-corrected chi connectivity index (χ4v) is 5.77. The van der Waals surface area contributed by atoms with Gasteiger partial charge in [-0.05, 0) is 49.9 Å². The Morgan fingerprint density at radius 2 is 1.86 bits per heavy atom. The van der Waals surface area contributed by atoms with Crippen LogP contribution in [0.3, 0.4) is 0 Å². The topological polar surface area (TPSA) is 114 Å². The number of piperidine rings is 1. The van der Waals surface area contributed by atoms with Gasteiger partial charge in [-0.1, -0.05) is 23.7 Å². The Kier molecular flexibility index (Phi) is 8.38. The van der Waals surface area contributed by atoms with Gasteiger partial charge in [0, 0.05) is 54.2 Å². The molecule has 0 amide bonds. The van der Waals surface area contributed by atoms with E-state index in [9.17, 15) is 23.9 Å². The molecule has 228 valence electrons. The van der Waals surface area contributed by atoms with Crippen molar-refractivity contribution < 1.29 is 28.2 Å². The summed E-state index contributed by atoms with van der Waals surface area (Å²) in [6.45, 7) is 2.35. The van der Waals surface area contributed by atoms with Gasteiger partial charge in [0.2, 0.25) is 11.8 Å². The highest BCUT2D eigenvalue weighted by Crippen LogP contribution is 2.50. The van der Waals surface area contributed by atoms with Gasteiger partial charge in [0.05, 0.1) is 23.7 Å². The predicted octanol–water partition coefficient (Wildman–Crippen LogP) is 6.38. The molecule has 1 saturated heterocycles. The van der Waals surface area contributed by atoms with Crippen LogP contribution < -0.4 is 9.47 Å². The number of rotatable bonds is 11. The molecule has 0 bridgehead atoms. The van der Waals surface area contributed by atoms with Gasteiger partial charge < -0.3 is 19.1 Å². The summed E-state index contributed by atoms with van der Waals surface area (Å²) >= 11 is 5.82. The van der Waals surface area contributed by atoms with Crippen molar-refractivity contribution in [3.63, 3.8) is 0 Å². The van der Waals surface area contributed by atoms with Crippen molar-refractivity contribution in [2.75, 3.05) is 13.1 Å². The SMILES string of the molecule is N#CCC1(Cn2c(CN3CCC(Oc4cccc(OCc5ccc(Cl)cc5F)n4)CC3)nc3c(F)cc(C(=O)O)cc32)CC1. The maximum absolute atomic E-state index is 15.0. The smallest absolute Gasteiger partial charge is 0.335 e. The minimum atomic E-state index is -1.21. The summed E-state index contributed by atoms with van der Waals surface area (Å²) in [5.41, 5.74) is 0.619. The fraction of sp³-hybridized carbons (Fsp3) is 0.375. The first-order chi connectivity index (χ1) is 21.2. The zero-order valence-corrected chi connectivity index (χ0v) is 24.6. The molecule has 0 atom stereocenters. The lowest BCUT2D eigenvalue weighted by Crippen LogP contribution is -2.38. The third-order valence-corrected chi connectivity index (χ3v) is 8.55. The minimum Gasteiger partial charge on any atom is -0.478 e. The van der Waals surface area contributed by atoms with Crippen molar-refractivity contribution in [3.8, 4) is 17.8 Å². The largest absolute Gasteiger partial charge is 0.478 e. The molecule has 2 fully saturated rings. The third-order valence-electron chi connectivity index (χ3n) is 8.31. The first kappa shape index (κ1) is 29.8. The van der Waals surface area contributed by atoms with Crippen molar-refractivity contribution in [2.45, 2.75) is 57.9 Å². The van der Waals surface area contributed by atoms with Crippen LogP contribution in [0.25, 0.3) is 11.0 Å². The summed E-state index contributed by atoms with van der Waals surface area (Å²) in [7, 11) is 0. The fourth-order valence-electron chi connectivity index (χ4n) is 5.61. The Morgan fingerprint density at radius 1 is 1.09 bits per heavy atom. The lowest BCUT2D eigenvalue weighted by atomic mass is 10.0. The van der Waals surface area contributed by atoms with Gasteiger partial charge in [0.25, 0.3) is 0 Å². The monoisotopic (exact) mass is 621 g/mol. The Labute approximate surface area is 257 Å². The van der Waals surface area contributed by atoms with Crippen LogP contribution in [-0.2, 0) is 19.7 Å². The van der Waals surface area contributed by atoms with Crippen LogP contribution in [0.5, 0.6) is 11.8 Å². The van der Waals surface area contributed by atoms with Crippen LogP contribution in [0.4, 0.5) is 8.78 Å². The lowest BCUT2D eigenvalue weighted by Gasteiger charge is -2.32. The number of halogens is 3. The van der Waals surface area contributed by atoms with Gasteiger partial charge in [0.15, 0.2) is 5.82 Å². The second-order valence-corrected chi connectivity index (χ2v) is 11.9. The summed E-state index contributed by atoms with van der Waals surface area (Å²) in [6.07, 6.45) is 3.53. The first-order valence-electron chi connectivity index (χ1n) is 14.4. The average molecular weight is 622 g/mol. The molecule has 2 aliphatic rings. The Balaban J connectivity index is 1.10. The molecular formula is C32H30ClF2N5O4. The van der Waals surface area contributed by atoms with Gasteiger partial charge in [-0.15, -0.1) is 0 Å². The molecule has 1 aliphatic heterocycles. The van der Waals surface area contributed by atoms with Gasteiger partial charge in [-0.2, -0.15) is 10.2 Å². The third kappa shape index (κ3) is 6.61. The molecule has 2 aromatic heterocycles. The molecule has 12 heteroatoms. The van der Waals surface area contributed by atoms with E-state index in [0.717, 1.165) is 31.7 Å². The maximum atomic E-state index is 15.0. The molecule has 0 radical (unpaired) electrons. The zero-order chi connectivity index (χ0) is 30.8. The van der Waals surface area contributed by atoms with Crippen molar-refractivity contribution in [1.29, 1.82) is 5.26 Å². The normalized spacial score (nSPS) is 16.5. The Bertz CT molecular complexity index is 1740. The number of ether oxygens (including phenoxy) is 2. The lowest BCUT2D eigenvalue weighted by molar-refractivity contribution is 0.0696. The number of aromatic nitrogens is 3. The van der Waals surface area contributed by atoms with E-state index in [2.05, 4.69) is 20.9 Å². The Hall–Kier alpha value is -4.27. The second kappa shape index (κ2) is 12.4. The van der Waals surface area contributed by atoms with Crippen LogP contribution in [0.1, 0.15) is 53.8 Å². The van der Waals surface area contributed by atoms with Crippen molar-refractivity contribution in [1.82, 2.24) is 19.4 Å². The highest BCUT2D eigenvalue weighted by Gasteiger charge is 2.43. The summed E-state index contributed by atoms with van der Waals surface area (Å²) in [5.74, 6) is -0.950. The van der Waals surface area contributed by atoms with E-state index >= 15 is 0 Å². The van der Waals surface area contributed by atoms with E-state index in [1.807, 2.05) is 4.57 Å². The minimum absolute atomic E-state index is 0.00175. The molecule has 1 N–H and O–H groups in total. The maximum Gasteiger partial charge on any atom is 0.335 e. The van der Waals surface area contributed by atoms with Crippen molar-refractivity contribution in [3.05, 3.63) is 82.1 Å². The van der Waals surface area contributed by atoms with Crippen molar-refractivity contribution >= 4 is 28.6 Å². The highest BCUT2D eigenvalue weighted by atomic mass is 35.5. The number of aromatic carboxylic acids is 1. The number of nitrogens with zero attached hydrogens (tertiary/aromatic N) is 5. The van der Waals surface area contributed by atoms with Gasteiger partial charge in [-0.25, -0.2) is 18.6 Å². The van der Waals surface area contributed by atoms with Crippen LogP contribution >= 0.6 is 11.6 Å². The number of imidazole rings is 1. The van der Waals surface area contributed by atoms with E-state index in [1.165, 1.54) is 12.1 Å². The summed E-state index contributed by atoms with van der Waals surface area (Å²) in [6, 6.07) is 14.3. The number of nitriles is 1. The van der Waals surface area contributed by atoms with Crippen molar-refractivity contribution in [2.24, 2.45) is 5.41 Å². The summed E-state index contributed by atoms with van der Waals surface area (Å²) < 4.78 is 42.8. The van der Waals surface area contributed by atoms with Gasteiger partial charge in [-0.3, -0.25) is 4.90 Å². The number of carbonyl (C=O) groups is 1. The van der Waals surface area contributed by atoms with E-state index in [-0.39, 0.29) is 29.2 Å². The highest BCUT2D eigenvalue weighted by molar-refractivity contribution is 6.30. The molecule has 9 nitrogen and oxygen atoms in total. The number of hydrogen-bond acceptors (Lipinski definition) is 7. The molecular weight excluding hydrogens is 592 g/mol. The number of hydrogen-bond donors (Lipinski definition) is 1. The van der Waals surface area contributed by atoms with E-state index in [0.29, 0.717) is 66.3 Å². The molecule has 1 saturated carbocycles. The molecule has 3 heterocycles. The summed E-state index contributed by atoms with van der Waals surface area (Å²) in [5, 5.41) is 19.2. The second-order valence-electron chi connectivity index (χ2n) is 11.5. The number of carboxylic acid groups (broad SMARTS) is 1. The molecule has 44 heavy (non-hydrogen) atoms. The number of fused-ring (bicyclic) bond motifs is 1. The van der Waals surface area contributed by atoms with E-state index < -0.39 is 17.6 Å². The van der Waals surface area contributed by atoms with Crippen LogP contribution in [0.2, 0.25) is 5.02 Å². The molecule has 1 aliphatic carbocycles. The number of carboxylic acids is 1. The molecule has 4 aromatic rings. The molecule has 0 unspecified atom stereocenters. The first-order valence-corrected chi connectivity index (χ1v) is 14.8. The zero-order valence-electron chi connectivity index (χ0n) is 23.8. The van der Waals surface area contributed by atoms with E-state index in [4.69, 9.17) is 21.1 Å². The quantitative estimate of drug-likeness (QED) is 0.205.